The molecule has 2 heteroatoms. The molecule has 0 amide bonds. The number of hydrogen-bond donors (Lipinski definition) is 0. The van der Waals surface area contributed by atoms with Crippen LogP contribution in [0.15, 0.2) is 0 Å². The Bertz CT molecular complexity index is 75.8. The van der Waals surface area contributed by atoms with E-state index >= 15 is 0 Å². The standard InChI is InChI=1S/C5H11O.3CH3.Pb/c1-2-3-4-5-6;;;;/h2-5H2,1H3;3*1H3;/q-1;;;;+1. The first-order valence-electron chi connectivity index (χ1n) is 4.20. The molecule has 0 aliphatic heterocycles. The van der Waals surface area contributed by atoms with E-state index < -0.39 is 21.6 Å². The fourth-order valence-corrected chi connectivity index (χ4v) is 3.67. The van der Waals surface area contributed by atoms with Crippen molar-refractivity contribution in [3.63, 3.8) is 0 Å². The third kappa shape index (κ3) is 8.88. The summed E-state index contributed by atoms with van der Waals surface area (Å²) in [6.07, 6.45) is 3.88. The summed E-state index contributed by atoms with van der Waals surface area (Å²) in [5.41, 5.74) is 0. The molecule has 1 nitrogen and oxygen atoms in total. The Labute approximate surface area is 70.5 Å². The quantitative estimate of drug-likeness (QED) is 0.553. The van der Waals surface area contributed by atoms with Crippen molar-refractivity contribution in [2.45, 2.75) is 39.6 Å². The minimum atomic E-state index is -1.96. The minimum absolute atomic E-state index is 1.01. The van der Waals surface area contributed by atoms with Crippen molar-refractivity contribution in [3.05, 3.63) is 0 Å². The molecule has 0 aromatic carbocycles. The van der Waals surface area contributed by atoms with Gasteiger partial charge in [-0.15, -0.1) is 0 Å². The van der Waals surface area contributed by atoms with Crippen molar-refractivity contribution in [1.82, 2.24) is 0 Å². The van der Waals surface area contributed by atoms with Gasteiger partial charge in [0.2, 0.25) is 0 Å². The van der Waals surface area contributed by atoms with Gasteiger partial charge in [0, 0.05) is 0 Å². The van der Waals surface area contributed by atoms with Crippen molar-refractivity contribution in [2.24, 2.45) is 0 Å². The van der Waals surface area contributed by atoms with Crippen LogP contribution in [-0.4, -0.2) is 28.2 Å². The molecule has 0 N–H and O–H groups in total. The van der Waals surface area contributed by atoms with E-state index in [1.807, 2.05) is 0 Å². The molecule has 0 bridgehead atoms. The summed E-state index contributed by atoms with van der Waals surface area (Å²) in [4.78, 5) is 0. The Morgan fingerprint density at radius 3 is 2.10 bits per heavy atom. The number of hydrogen-bond acceptors (Lipinski definition) is 1. The third-order valence-electron chi connectivity index (χ3n) is 1.28. The fraction of sp³-hybridized carbons (Fsp3) is 1.00. The molecule has 0 aromatic rings. The van der Waals surface area contributed by atoms with Gasteiger partial charge >= 0.3 is 70.6 Å². The topological polar surface area (TPSA) is 9.23 Å². The first-order valence-corrected chi connectivity index (χ1v) is 17.4. The Kier molecular flexibility index (Phi) is 6.01. The van der Waals surface area contributed by atoms with Crippen LogP contribution < -0.4 is 0 Å². The zero-order valence-corrected chi connectivity index (χ0v) is 11.6. The Balaban J connectivity index is 3.04. The number of rotatable bonds is 5. The van der Waals surface area contributed by atoms with Crippen molar-refractivity contribution in [2.75, 3.05) is 6.61 Å². The third-order valence-corrected chi connectivity index (χ3v) is 5.44. The molecule has 0 saturated heterocycles. The molecule has 0 heterocycles. The van der Waals surface area contributed by atoms with Crippen LogP contribution in [0, 0.1) is 0 Å². The Morgan fingerprint density at radius 2 is 1.70 bits per heavy atom. The van der Waals surface area contributed by atoms with Gasteiger partial charge in [0.1, 0.15) is 0 Å². The second-order valence-electron chi connectivity index (χ2n) is 3.67. The van der Waals surface area contributed by atoms with E-state index in [0.29, 0.717) is 0 Å². The van der Waals surface area contributed by atoms with Gasteiger partial charge in [0.15, 0.2) is 0 Å². The maximum atomic E-state index is 5.75. The molecule has 0 saturated carbocycles. The molecule has 0 spiro atoms. The zero-order valence-electron chi connectivity index (χ0n) is 7.74. The van der Waals surface area contributed by atoms with Crippen LogP contribution in [0.2, 0.25) is 13.4 Å². The van der Waals surface area contributed by atoms with E-state index in [-0.39, 0.29) is 0 Å². The van der Waals surface area contributed by atoms with Crippen LogP contribution in [0.1, 0.15) is 26.2 Å². The summed E-state index contributed by atoms with van der Waals surface area (Å²) in [5.74, 6) is 0. The average molecular weight is 339 g/mol. The molecular formula is C8H20OPb. The van der Waals surface area contributed by atoms with E-state index in [4.69, 9.17) is 2.69 Å². The first kappa shape index (κ1) is 10.9. The van der Waals surface area contributed by atoms with Gasteiger partial charge in [-0.3, -0.25) is 0 Å². The molecule has 0 unspecified atom stereocenters. The SMILES string of the molecule is CCCCC[O][Pb]([CH3])([CH3])[CH3]. The second-order valence-corrected chi connectivity index (χ2v) is 21.2. The maximum absolute atomic E-state index is 5.75. The molecule has 0 radical (unpaired) electrons. The van der Waals surface area contributed by atoms with Gasteiger partial charge in [0.05, 0.1) is 0 Å². The van der Waals surface area contributed by atoms with Gasteiger partial charge in [-0.1, -0.05) is 0 Å². The predicted molar refractivity (Wildman–Crippen MR) is 48.8 cm³/mol. The molecule has 0 aliphatic rings. The summed E-state index contributed by atoms with van der Waals surface area (Å²) in [5, 5.41) is 0. The van der Waals surface area contributed by atoms with E-state index in [1.54, 1.807) is 0 Å². The van der Waals surface area contributed by atoms with Gasteiger partial charge in [0.25, 0.3) is 0 Å². The molecule has 0 rings (SSSR count). The van der Waals surface area contributed by atoms with E-state index in [1.165, 1.54) is 19.3 Å². The van der Waals surface area contributed by atoms with Crippen molar-refractivity contribution < 1.29 is 2.69 Å². The molecule has 10 heavy (non-hydrogen) atoms. The van der Waals surface area contributed by atoms with Crippen LogP contribution in [0.5, 0.6) is 0 Å². The van der Waals surface area contributed by atoms with Crippen LogP contribution in [-0.2, 0) is 2.69 Å². The van der Waals surface area contributed by atoms with Crippen LogP contribution in [0.3, 0.4) is 0 Å². The monoisotopic (exact) mass is 340 g/mol. The molecular weight excluding hydrogens is 319 g/mol. The summed E-state index contributed by atoms with van der Waals surface area (Å²) in [6.45, 7) is 3.24. The second kappa shape index (κ2) is 5.52. The van der Waals surface area contributed by atoms with Crippen LogP contribution in [0.25, 0.3) is 0 Å². The van der Waals surface area contributed by atoms with Gasteiger partial charge < -0.3 is 0 Å². The van der Waals surface area contributed by atoms with Crippen molar-refractivity contribution in [3.8, 4) is 0 Å². The Morgan fingerprint density at radius 1 is 1.10 bits per heavy atom. The zero-order chi connectivity index (χ0) is 8.04. The number of unbranched alkanes of at least 4 members (excludes halogenated alkanes) is 2. The van der Waals surface area contributed by atoms with Crippen LogP contribution in [0.4, 0.5) is 0 Å². The summed E-state index contributed by atoms with van der Waals surface area (Å²) < 4.78 is 12.7. The fourth-order valence-electron chi connectivity index (χ4n) is 0.730. The molecule has 62 valence electrons. The predicted octanol–water partition coefficient (Wildman–Crippen LogP) is 3.03. The molecule has 0 atom stereocenters. The first-order chi connectivity index (χ1) is 4.56. The van der Waals surface area contributed by atoms with Gasteiger partial charge in [-0.25, -0.2) is 0 Å². The van der Waals surface area contributed by atoms with E-state index in [2.05, 4.69) is 20.4 Å². The van der Waals surface area contributed by atoms with E-state index in [9.17, 15) is 0 Å². The molecule has 0 aromatic heterocycles. The molecule has 0 fully saturated rings. The summed E-state index contributed by atoms with van der Waals surface area (Å²) in [6, 6.07) is 0. The van der Waals surface area contributed by atoms with Crippen molar-refractivity contribution >= 4 is 21.6 Å². The summed E-state index contributed by atoms with van der Waals surface area (Å²) >= 11 is -1.96. The van der Waals surface area contributed by atoms with Gasteiger partial charge in [-0.05, 0) is 0 Å². The summed E-state index contributed by atoms with van der Waals surface area (Å²) in [7, 11) is 0. The van der Waals surface area contributed by atoms with Crippen LogP contribution >= 0.6 is 0 Å². The average Bonchev–Trinajstić information content (AvgIpc) is 1.78. The molecule has 0 aliphatic carbocycles. The van der Waals surface area contributed by atoms with Crippen molar-refractivity contribution in [1.29, 1.82) is 0 Å². The Hall–Kier alpha value is 0.882. The van der Waals surface area contributed by atoms with E-state index in [0.717, 1.165) is 6.61 Å². The van der Waals surface area contributed by atoms with Gasteiger partial charge in [-0.2, -0.15) is 0 Å². The normalized spacial score (nSPS) is 12.0.